The number of benzene rings is 2. The Morgan fingerprint density at radius 3 is 2.71 bits per heavy atom. The minimum Gasteiger partial charge on any atom is -0.369 e. The van der Waals surface area contributed by atoms with Crippen molar-refractivity contribution in [2.45, 2.75) is 51.1 Å². The fourth-order valence-electron chi connectivity index (χ4n) is 4.71. The molecule has 28 heavy (non-hydrogen) atoms. The maximum absolute atomic E-state index is 4.97. The molecule has 1 aliphatic heterocycles. The standard InChI is InChI=1S/C24H30N4/c1-2-28-23-12-11-21(16-22(23)24(26-28)19-9-6-10-19)27-14-13-25-20(17-27)15-18-7-4-3-5-8-18/h3-5,7-8,11-12,16,19-20,25H,2,6,9-10,13-15,17H2,1H3/t20-/m0/s1. The van der Waals surface area contributed by atoms with Crippen LogP contribution in [0.4, 0.5) is 5.69 Å². The Hall–Kier alpha value is -2.33. The number of piperazine rings is 1. The molecular formula is C24H30N4. The summed E-state index contributed by atoms with van der Waals surface area (Å²) >= 11 is 0. The van der Waals surface area contributed by atoms with E-state index in [1.165, 1.54) is 47.1 Å². The molecule has 1 aliphatic carbocycles. The molecule has 1 saturated heterocycles. The maximum Gasteiger partial charge on any atom is 0.0734 e. The van der Waals surface area contributed by atoms with Gasteiger partial charge in [-0.25, -0.2) is 0 Å². The summed E-state index contributed by atoms with van der Waals surface area (Å²) < 4.78 is 2.18. The largest absolute Gasteiger partial charge is 0.369 e. The summed E-state index contributed by atoms with van der Waals surface area (Å²) in [5, 5.41) is 10.1. The Morgan fingerprint density at radius 2 is 1.96 bits per heavy atom. The molecule has 2 aliphatic rings. The summed E-state index contributed by atoms with van der Waals surface area (Å²) in [4.78, 5) is 2.55. The first-order valence-electron chi connectivity index (χ1n) is 10.8. The van der Waals surface area contributed by atoms with Crippen LogP contribution in [0.25, 0.3) is 10.9 Å². The molecule has 0 amide bonds. The first-order chi connectivity index (χ1) is 13.8. The highest BCUT2D eigenvalue weighted by atomic mass is 15.3. The lowest BCUT2D eigenvalue weighted by atomic mass is 9.82. The average molecular weight is 375 g/mol. The van der Waals surface area contributed by atoms with Gasteiger partial charge in [0.1, 0.15) is 0 Å². The third-order valence-corrected chi connectivity index (χ3v) is 6.50. The predicted octanol–water partition coefficient (Wildman–Crippen LogP) is 4.34. The normalized spacial score (nSPS) is 20.5. The van der Waals surface area contributed by atoms with Gasteiger partial charge in [0.2, 0.25) is 0 Å². The van der Waals surface area contributed by atoms with Crippen LogP contribution in [0.5, 0.6) is 0 Å². The van der Waals surface area contributed by atoms with E-state index in [2.05, 4.69) is 70.4 Å². The number of rotatable bonds is 5. The van der Waals surface area contributed by atoms with Crippen LogP contribution < -0.4 is 10.2 Å². The molecule has 5 rings (SSSR count). The molecule has 2 aromatic carbocycles. The van der Waals surface area contributed by atoms with Gasteiger partial charge in [-0.2, -0.15) is 5.10 Å². The molecule has 4 heteroatoms. The van der Waals surface area contributed by atoms with E-state index in [-0.39, 0.29) is 0 Å². The number of aryl methyl sites for hydroxylation is 1. The van der Waals surface area contributed by atoms with Gasteiger partial charge in [-0.3, -0.25) is 4.68 Å². The van der Waals surface area contributed by atoms with Gasteiger partial charge >= 0.3 is 0 Å². The van der Waals surface area contributed by atoms with Crippen LogP contribution in [0.15, 0.2) is 48.5 Å². The van der Waals surface area contributed by atoms with Crippen molar-refractivity contribution in [2.75, 3.05) is 24.5 Å². The van der Waals surface area contributed by atoms with E-state index in [1.807, 2.05) is 0 Å². The number of anilines is 1. The van der Waals surface area contributed by atoms with Gasteiger partial charge in [0.05, 0.1) is 11.2 Å². The van der Waals surface area contributed by atoms with Gasteiger partial charge in [0.25, 0.3) is 0 Å². The average Bonchev–Trinajstić information content (AvgIpc) is 3.05. The van der Waals surface area contributed by atoms with Crippen molar-refractivity contribution in [2.24, 2.45) is 0 Å². The summed E-state index contributed by atoms with van der Waals surface area (Å²) in [6.45, 7) is 6.29. The fraction of sp³-hybridized carbons (Fsp3) is 0.458. The Labute approximate surface area is 167 Å². The highest BCUT2D eigenvalue weighted by Gasteiger charge is 2.26. The van der Waals surface area contributed by atoms with Crippen molar-refractivity contribution in [1.29, 1.82) is 0 Å². The van der Waals surface area contributed by atoms with E-state index in [0.29, 0.717) is 12.0 Å². The highest BCUT2D eigenvalue weighted by Crippen LogP contribution is 2.40. The second-order valence-corrected chi connectivity index (χ2v) is 8.32. The highest BCUT2D eigenvalue weighted by molar-refractivity contribution is 5.86. The number of hydrogen-bond acceptors (Lipinski definition) is 3. The molecule has 1 atom stereocenters. The summed E-state index contributed by atoms with van der Waals surface area (Å²) in [5.74, 6) is 0.666. The third-order valence-electron chi connectivity index (χ3n) is 6.50. The molecular weight excluding hydrogens is 344 g/mol. The van der Waals surface area contributed by atoms with E-state index in [9.17, 15) is 0 Å². The molecule has 2 fully saturated rings. The molecule has 1 aromatic heterocycles. The molecule has 0 unspecified atom stereocenters. The van der Waals surface area contributed by atoms with Crippen LogP contribution in [-0.2, 0) is 13.0 Å². The second-order valence-electron chi connectivity index (χ2n) is 8.32. The zero-order chi connectivity index (χ0) is 18.9. The van der Waals surface area contributed by atoms with Crippen LogP contribution in [0.1, 0.15) is 43.4 Å². The van der Waals surface area contributed by atoms with Crippen LogP contribution >= 0.6 is 0 Å². The minimum absolute atomic E-state index is 0.497. The summed E-state index contributed by atoms with van der Waals surface area (Å²) in [6, 6.07) is 18.3. The van der Waals surface area contributed by atoms with Gasteiger partial charge < -0.3 is 10.2 Å². The Bertz CT molecular complexity index is 942. The van der Waals surface area contributed by atoms with Crippen LogP contribution in [0.3, 0.4) is 0 Å². The molecule has 0 spiro atoms. The number of nitrogens with one attached hydrogen (secondary N) is 1. The molecule has 146 valence electrons. The SMILES string of the molecule is CCn1nc(C2CCC2)c2cc(N3CCN[C@@H](Cc4ccccc4)C3)ccc21. The van der Waals surface area contributed by atoms with Crippen molar-refractivity contribution >= 4 is 16.6 Å². The van der Waals surface area contributed by atoms with Crippen molar-refractivity contribution in [3.63, 3.8) is 0 Å². The Morgan fingerprint density at radius 1 is 1.11 bits per heavy atom. The van der Waals surface area contributed by atoms with Crippen LogP contribution in [0.2, 0.25) is 0 Å². The van der Waals surface area contributed by atoms with Crippen LogP contribution in [0, 0.1) is 0 Å². The van der Waals surface area contributed by atoms with E-state index < -0.39 is 0 Å². The second kappa shape index (κ2) is 7.59. The molecule has 3 aromatic rings. The smallest absolute Gasteiger partial charge is 0.0734 e. The van der Waals surface area contributed by atoms with Gasteiger partial charge in [0, 0.05) is 49.2 Å². The number of fused-ring (bicyclic) bond motifs is 1. The summed E-state index contributed by atoms with van der Waals surface area (Å²) in [5.41, 5.74) is 5.39. The van der Waals surface area contributed by atoms with Crippen molar-refractivity contribution in [3.8, 4) is 0 Å². The first-order valence-corrected chi connectivity index (χ1v) is 10.8. The molecule has 0 radical (unpaired) electrons. The lowest BCUT2D eigenvalue weighted by Gasteiger charge is -2.35. The molecule has 0 bridgehead atoms. The predicted molar refractivity (Wildman–Crippen MR) is 116 cm³/mol. The molecule has 1 saturated carbocycles. The van der Waals surface area contributed by atoms with E-state index >= 15 is 0 Å². The zero-order valence-corrected chi connectivity index (χ0v) is 16.8. The Balaban J connectivity index is 1.40. The van der Waals surface area contributed by atoms with Gasteiger partial charge in [0.15, 0.2) is 0 Å². The summed E-state index contributed by atoms with van der Waals surface area (Å²) in [7, 11) is 0. The van der Waals surface area contributed by atoms with E-state index in [4.69, 9.17) is 5.10 Å². The lowest BCUT2D eigenvalue weighted by molar-refractivity contribution is 0.408. The lowest BCUT2D eigenvalue weighted by Crippen LogP contribution is -2.51. The minimum atomic E-state index is 0.497. The first kappa shape index (κ1) is 17.7. The van der Waals surface area contributed by atoms with Crippen molar-refractivity contribution in [1.82, 2.24) is 15.1 Å². The zero-order valence-electron chi connectivity index (χ0n) is 16.8. The van der Waals surface area contributed by atoms with Gasteiger partial charge in [-0.05, 0) is 49.9 Å². The van der Waals surface area contributed by atoms with Crippen LogP contribution in [-0.4, -0.2) is 35.5 Å². The summed E-state index contributed by atoms with van der Waals surface area (Å²) in [6.07, 6.45) is 5.03. The van der Waals surface area contributed by atoms with E-state index in [0.717, 1.165) is 32.6 Å². The monoisotopic (exact) mass is 374 g/mol. The fourth-order valence-corrected chi connectivity index (χ4v) is 4.71. The van der Waals surface area contributed by atoms with Crippen molar-refractivity contribution < 1.29 is 0 Å². The number of nitrogens with zero attached hydrogens (tertiary/aromatic N) is 3. The molecule has 1 N–H and O–H groups in total. The quantitative estimate of drug-likeness (QED) is 0.721. The van der Waals surface area contributed by atoms with Gasteiger partial charge in [-0.15, -0.1) is 0 Å². The van der Waals surface area contributed by atoms with Gasteiger partial charge in [-0.1, -0.05) is 36.8 Å². The molecule has 2 heterocycles. The third kappa shape index (κ3) is 3.30. The van der Waals surface area contributed by atoms with E-state index in [1.54, 1.807) is 0 Å². The Kier molecular flexibility index (Phi) is 4.81. The number of aromatic nitrogens is 2. The molecule has 4 nitrogen and oxygen atoms in total. The number of hydrogen-bond donors (Lipinski definition) is 1. The topological polar surface area (TPSA) is 33.1 Å². The van der Waals surface area contributed by atoms with Crippen molar-refractivity contribution in [3.05, 3.63) is 59.8 Å². The maximum atomic E-state index is 4.97.